The van der Waals surface area contributed by atoms with E-state index in [2.05, 4.69) is 22.3 Å². The SMILES string of the molecule is Cc1ccc(S(=O)(=O)N(CC(=O)NCc2cccc(CN3CCCC3)c2)c2ccc(Cl)c(Cl)c2)cc1. The summed E-state index contributed by atoms with van der Waals surface area (Å²) in [5, 5.41) is 3.36. The van der Waals surface area contributed by atoms with Gasteiger partial charge in [-0.1, -0.05) is 65.2 Å². The highest BCUT2D eigenvalue weighted by Gasteiger charge is 2.27. The lowest BCUT2D eigenvalue weighted by atomic mass is 10.1. The largest absolute Gasteiger partial charge is 0.350 e. The first kappa shape index (κ1) is 26.5. The van der Waals surface area contributed by atoms with Crippen LogP contribution >= 0.6 is 23.2 Å². The van der Waals surface area contributed by atoms with Crippen molar-refractivity contribution in [2.24, 2.45) is 0 Å². The molecule has 3 aromatic rings. The third-order valence-electron chi connectivity index (χ3n) is 6.17. The number of carbonyl (C=O) groups excluding carboxylic acids is 1. The Hall–Kier alpha value is -2.58. The zero-order valence-electron chi connectivity index (χ0n) is 20.1. The predicted molar refractivity (Wildman–Crippen MR) is 145 cm³/mol. The lowest BCUT2D eigenvalue weighted by Crippen LogP contribution is -2.40. The molecular formula is C27H29Cl2N3O3S. The van der Waals surface area contributed by atoms with Crippen LogP contribution in [0.15, 0.2) is 71.6 Å². The highest BCUT2D eigenvalue weighted by molar-refractivity contribution is 7.92. The van der Waals surface area contributed by atoms with Gasteiger partial charge in [-0.3, -0.25) is 14.0 Å². The van der Waals surface area contributed by atoms with Gasteiger partial charge in [-0.15, -0.1) is 0 Å². The Balaban J connectivity index is 1.50. The average Bonchev–Trinajstić information content (AvgIpc) is 3.36. The molecule has 1 fully saturated rings. The Labute approximate surface area is 222 Å². The average molecular weight is 547 g/mol. The molecule has 1 aliphatic heterocycles. The van der Waals surface area contributed by atoms with Crippen LogP contribution in [0.1, 0.15) is 29.5 Å². The lowest BCUT2D eigenvalue weighted by Gasteiger charge is -2.24. The van der Waals surface area contributed by atoms with Crippen LogP contribution in [-0.4, -0.2) is 38.9 Å². The number of sulfonamides is 1. The number of likely N-dealkylation sites (tertiary alicyclic amines) is 1. The maximum atomic E-state index is 13.5. The van der Waals surface area contributed by atoms with Crippen LogP contribution in [0.2, 0.25) is 10.0 Å². The number of rotatable bonds is 9. The molecule has 190 valence electrons. The summed E-state index contributed by atoms with van der Waals surface area (Å²) < 4.78 is 28.1. The standard InChI is InChI=1S/C27H29Cl2N3O3S/c1-20-7-10-24(11-8-20)36(34,35)32(23-9-12-25(28)26(29)16-23)19-27(33)30-17-21-5-4-6-22(15-21)18-31-13-2-3-14-31/h4-12,15-16H,2-3,13-14,17-19H2,1H3,(H,30,33). The summed E-state index contributed by atoms with van der Waals surface area (Å²) >= 11 is 12.2. The molecule has 0 unspecified atom stereocenters. The van der Waals surface area contributed by atoms with Gasteiger partial charge >= 0.3 is 0 Å². The van der Waals surface area contributed by atoms with Crippen LogP contribution in [0.25, 0.3) is 0 Å². The van der Waals surface area contributed by atoms with Gasteiger partial charge in [-0.2, -0.15) is 0 Å². The number of benzene rings is 3. The van der Waals surface area contributed by atoms with Crippen molar-refractivity contribution >= 4 is 44.8 Å². The number of carbonyl (C=O) groups is 1. The highest BCUT2D eigenvalue weighted by atomic mass is 35.5. The first-order valence-electron chi connectivity index (χ1n) is 11.8. The third-order valence-corrected chi connectivity index (χ3v) is 8.70. The van der Waals surface area contributed by atoms with Crippen LogP contribution in [0.3, 0.4) is 0 Å². The monoisotopic (exact) mass is 545 g/mol. The van der Waals surface area contributed by atoms with Gasteiger partial charge < -0.3 is 5.32 Å². The van der Waals surface area contributed by atoms with Crippen molar-refractivity contribution < 1.29 is 13.2 Å². The number of hydrogen-bond donors (Lipinski definition) is 1. The van der Waals surface area contributed by atoms with Crippen LogP contribution in [-0.2, 0) is 27.9 Å². The van der Waals surface area contributed by atoms with E-state index in [1.54, 1.807) is 12.1 Å². The van der Waals surface area contributed by atoms with E-state index in [4.69, 9.17) is 23.2 Å². The number of aryl methyl sites for hydroxylation is 1. The molecule has 1 amide bonds. The van der Waals surface area contributed by atoms with Gasteiger partial charge in [-0.25, -0.2) is 8.42 Å². The lowest BCUT2D eigenvalue weighted by molar-refractivity contribution is -0.119. The first-order chi connectivity index (χ1) is 17.2. The van der Waals surface area contributed by atoms with Crippen LogP contribution in [0.5, 0.6) is 0 Å². The van der Waals surface area contributed by atoms with Gasteiger partial charge in [0.2, 0.25) is 5.91 Å². The molecule has 0 saturated carbocycles. The van der Waals surface area contributed by atoms with Crippen molar-refractivity contribution in [2.75, 3.05) is 23.9 Å². The van der Waals surface area contributed by atoms with Gasteiger partial charge in [0, 0.05) is 13.1 Å². The molecule has 1 aliphatic rings. The van der Waals surface area contributed by atoms with E-state index in [1.807, 2.05) is 19.1 Å². The van der Waals surface area contributed by atoms with Crippen molar-refractivity contribution in [3.63, 3.8) is 0 Å². The van der Waals surface area contributed by atoms with Crippen molar-refractivity contribution in [1.29, 1.82) is 0 Å². The summed E-state index contributed by atoms with van der Waals surface area (Å²) in [6.45, 7) is 4.89. The fourth-order valence-corrected chi connectivity index (χ4v) is 5.92. The van der Waals surface area contributed by atoms with E-state index in [0.29, 0.717) is 11.6 Å². The molecule has 6 nitrogen and oxygen atoms in total. The molecule has 0 aromatic heterocycles. The van der Waals surface area contributed by atoms with Crippen molar-refractivity contribution in [3.8, 4) is 0 Å². The van der Waals surface area contributed by atoms with Crippen molar-refractivity contribution in [2.45, 2.75) is 37.8 Å². The number of nitrogens with zero attached hydrogens (tertiary/aromatic N) is 2. The molecule has 36 heavy (non-hydrogen) atoms. The van der Waals surface area contributed by atoms with Gasteiger partial charge in [0.05, 0.1) is 20.6 Å². The molecule has 0 bridgehead atoms. The van der Waals surface area contributed by atoms with E-state index in [-0.39, 0.29) is 15.6 Å². The molecule has 1 N–H and O–H groups in total. The van der Waals surface area contributed by atoms with E-state index in [1.165, 1.54) is 48.7 Å². The Morgan fingerprint density at radius 2 is 1.64 bits per heavy atom. The van der Waals surface area contributed by atoms with Crippen LogP contribution < -0.4 is 9.62 Å². The Morgan fingerprint density at radius 3 is 2.33 bits per heavy atom. The number of halogens is 2. The van der Waals surface area contributed by atoms with Crippen molar-refractivity contribution in [3.05, 3.63) is 93.5 Å². The summed E-state index contributed by atoms with van der Waals surface area (Å²) in [6.07, 6.45) is 2.47. The molecule has 9 heteroatoms. The normalized spacial score (nSPS) is 14.1. The highest BCUT2D eigenvalue weighted by Crippen LogP contribution is 2.30. The van der Waals surface area contributed by atoms with E-state index in [0.717, 1.165) is 35.1 Å². The smallest absolute Gasteiger partial charge is 0.264 e. The molecule has 1 heterocycles. The third kappa shape index (κ3) is 6.59. The second kappa shape index (κ2) is 11.6. The molecule has 4 rings (SSSR count). The predicted octanol–water partition coefficient (Wildman–Crippen LogP) is 5.41. The zero-order chi connectivity index (χ0) is 25.7. The summed E-state index contributed by atoms with van der Waals surface area (Å²) in [6, 6.07) is 19.1. The summed E-state index contributed by atoms with van der Waals surface area (Å²) in [5.74, 6) is -0.429. The molecule has 0 radical (unpaired) electrons. The maximum absolute atomic E-state index is 13.5. The second-order valence-corrected chi connectivity index (χ2v) is 11.7. The van der Waals surface area contributed by atoms with E-state index in [9.17, 15) is 13.2 Å². The van der Waals surface area contributed by atoms with Crippen LogP contribution in [0.4, 0.5) is 5.69 Å². The molecule has 3 aromatic carbocycles. The second-order valence-electron chi connectivity index (χ2n) is 9.00. The molecule has 0 spiro atoms. The van der Waals surface area contributed by atoms with Gasteiger partial charge in [0.25, 0.3) is 10.0 Å². The molecule has 0 atom stereocenters. The number of anilines is 1. The fourth-order valence-electron chi connectivity index (χ4n) is 4.22. The molecule has 1 saturated heterocycles. The van der Waals surface area contributed by atoms with E-state index < -0.39 is 22.5 Å². The zero-order valence-corrected chi connectivity index (χ0v) is 22.4. The summed E-state index contributed by atoms with van der Waals surface area (Å²) in [5.41, 5.74) is 3.35. The Morgan fingerprint density at radius 1 is 0.944 bits per heavy atom. The minimum atomic E-state index is -4.03. The van der Waals surface area contributed by atoms with E-state index >= 15 is 0 Å². The van der Waals surface area contributed by atoms with Gasteiger partial charge in [0.15, 0.2) is 0 Å². The minimum absolute atomic E-state index is 0.0848. The fraction of sp³-hybridized carbons (Fsp3) is 0.296. The molecule has 0 aliphatic carbocycles. The maximum Gasteiger partial charge on any atom is 0.264 e. The number of nitrogens with one attached hydrogen (secondary N) is 1. The van der Waals surface area contributed by atoms with Crippen LogP contribution in [0, 0.1) is 6.92 Å². The quantitative estimate of drug-likeness (QED) is 0.390. The number of hydrogen-bond acceptors (Lipinski definition) is 4. The topological polar surface area (TPSA) is 69.7 Å². The minimum Gasteiger partial charge on any atom is -0.350 e. The first-order valence-corrected chi connectivity index (χ1v) is 14.0. The van der Waals surface area contributed by atoms with Crippen molar-refractivity contribution in [1.82, 2.24) is 10.2 Å². The Bertz CT molecular complexity index is 1320. The van der Waals surface area contributed by atoms with Gasteiger partial charge in [-0.05, 0) is 74.3 Å². The summed E-state index contributed by atoms with van der Waals surface area (Å²) in [7, 11) is -4.03. The van der Waals surface area contributed by atoms with Gasteiger partial charge in [0.1, 0.15) is 6.54 Å². The Kier molecular flexibility index (Phi) is 8.57. The number of amides is 1. The molecular weight excluding hydrogens is 517 g/mol. The summed E-state index contributed by atoms with van der Waals surface area (Å²) in [4.78, 5) is 15.5.